The molecule has 0 radical (unpaired) electrons. The van der Waals surface area contributed by atoms with Gasteiger partial charge in [0.1, 0.15) is 0 Å². The van der Waals surface area contributed by atoms with E-state index in [9.17, 15) is 0 Å². The van der Waals surface area contributed by atoms with E-state index in [0.29, 0.717) is 0 Å². The third-order valence-electron chi connectivity index (χ3n) is 2.93. The van der Waals surface area contributed by atoms with Gasteiger partial charge in [-0.25, -0.2) is 4.99 Å². The third kappa shape index (κ3) is 2.96. The van der Waals surface area contributed by atoms with Crippen LogP contribution in [0.15, 0.2) is 63.2 Å². The minimum Gasteiger partial charge on any atom is -0.264 e. The number of hydrogen-bond donors (Lipinski definition) is 0. The first kappa shape index (κ1) is 12.2. The van der Waals surface area contributed by atoms with Gasteiger partial charge in [-0.05, 0) is 36.2 Å². The second kappa shape index (κ2) is 5.45. The van der Waals surface area contributed by atoms with Gasteiger partial charge < -0.3 is 0 Å². The molecule has 1 aromatic heterocycles. The first-order chi connectivity index (χ1) is 9.31. The Kier molecular flexibility index (Phi) is 3.51. The van der Waals surface area contributed by atoms with Crippen molar-refractivity contribution in [2.45, 2.75) is 12.5 Å². The summed E-state index contributed by atoms with van der Waals surface area (Å²) in [4.78, 5) is 13.1. The number of rotatable bonds is 3. The van der Waals surface area contributed by atoms with E-state index in [1.54, 1.807) is 12.4 Å². The summed E-state index contributed by atoms with van der Waals surface area (Å²) >= 11 is 3.44. The van der Waals surface area contributed by atoms with Crippen LogP contribution >= 0.6 is 15.9 Å². The van der Waals surface area contributed by atoms with E-state index in [-0.39, 0.29) is 6.04 Å². The Morgan fingerprint density at radius 3 is 2.68 bits per heavy atom. The molecule has 2 heterocycles. The van der Waals surface area contributed by atoms with Crippen LogP contribution in [0.3, 0.4) is 0 Å². The van der Waals surface area contributed by atoms with Gasteiger partial charge in [0.05, 0.1) is 6.04 Å². The molecule has 2 aromatic rings. The summed E-state index contributed by atoms with van der Waals surface area (Å²) in [5, 5.41) is 0. The summed E-state index contributed by atoms with van der Waals surface area (Å²) in [6, 6.07) is 12.3. The van der Waals surface area contributed by atoms with Gasteiger partial charge in [0.2, 0.25) is 0 Å². The van der Waals surface area contributed by atoms with Crippen molar-refractivity contribution in [3.8, 4) is 0 Å². The van der Waals surface area contributed by atoms with Crippen LogP contribution < -0.4 is 0 Å². The molecular formula is C15H12BrN3. The first-order valence-corrected chi connectivity index (χ1v) is 6.87. The zero-order valence-corrected chi connectivity index (χ0v) is 11.8. The fraction of sp³-hybridized carbons (Fsp3) is 0.133. The molecule has 1 atom stereocenters. The molecule has 94 valence electrons. The van der Waals surface area contributed by atoms with Crippen molar-refractivity contribution in [1.82, 2.24) is 4.98 Å². The highest BCUT2D eigenvalue weighted by Gasteiger charge is 2.14. The number of nitrogens with zero attached hydrogens (tertiary/aromatic N) is 3. The van der Waals surface area contributed by atoms with E-state index in [1.807, 2.05) is 30.5 Å². The van der Waals surface area contributed by atoms with Crippen LogP contribution in [0.25, 0.3) is 0 Å². The normalized spacial score (nSPS) is 17.5. The Balaban J connectivity index is 1.74. The molecule has 0 N–H and O–H groups in total. The molecule has 1 aliphatic heterocycles. The van der Waals surface area contributed by atoms with Crippen molar-refractivity contribution in [3.63, 3.8) is 0 Å². The lowest BCUT2D eigenvalue weighted by Crippen LogP contribution is -2.07. The van der Waals surface area contributed by atoms with Crippen molar-refractivity contribution < 1.29 is 0 Å². The molecule has 1 unspecified atom stereocenters. The van der Waals surface area contributed by atoms with Crippen LogP contribution in [0.4, 0.5) is 0 Å². The number of aliphatic imine (C=N–C) groups is 2. The van der Waals surface area contributed by atoms with Gasteiger partial charge in [-0.2, -0.15) is 0 Å². The standard InChI is InChI=1S/C15H12BrN3/c16-13-5-3-11(4-6-13)8-14-10-18-15(19-14)12-2-1-7-17-9-12/h1-7,9-10,14H,8H2. The van der Waals surface area contributed by atoms with Crippen molar-refractivity contribution in [1.29, 1.82) is 0 Å². The molecule has 4 heteroatoms. The van der Waals surface area contributed by atoms with Gasteiger partial charge in [0.25, 0.3) is 0 Å². The average Bonchev–Trinajstić information content (AvgIpc) is 2.91. The summed E-state index contributed by atoms with van der Waals surface area (Å²) in [6.07, 6.45) is 6.32. The largest absolute Gasteiger partial charge is 0.264 e. The van der Waals surface area contributed by atoms with Crippen LogP contribution in [-0.4, -0.2) is 23.1 Å². The maximum absolute atomic E-state index is 4.62. The predicted octanol–water partition coefficient (Wildman–Crippen LogP) is 3.29. The molecule has 0 aliphatic carbocycles. The number of benzene rings is 1. The van der Waals surface area contributed by atoms with Gasteiger partial charge in [-0.3, -0.25) is 9.98 Å². The highest BCUT2D eigenvalue weighted by atomic mass is 79.9. The minimum absolute atomic E-state index is 0.122. The van der Waals surface area contributed by atoms with Gasteiger partial charge in [-0.1, -0.05) is 28.1 Å². The number of hydrogen-bond acceptors (Lipinski definition) is 3. The fourth-order valence-electron chi connectivity index (χ4n) is 1.98. The van der Waals surface area contributed by atoms with Gasteiger partial charge in [-0.15, -0.1) is 0 Å². The molecule has 1 aliphatic rings. The molecule has 19 heavy (non-hydrogen) atoms. The molecule has 0 saturated carbocycles. The lowest BCUT2D eigenvalue weighted by atomic mass is 10.1. The Morgan fingerprint density at radius 1 is 1.11 bits per heavy atom. The van der Waals surface area contributed by atoms with E-state index < -0.39 is 0 Å². The fourth-order valence-corrected chi connectivity index (χ4v) is 2.25. The van der Waals surface area contributed by atoms with E-state index >= 15 is 0 Å². The average molecular weight is 314 g/mol. The monoisotopic (exact) mass is 313 g/mol. The predicted molar refractivity (Wildman–Crippen MR) is 80.9 cm³/mol. The maximum Gasteiger partial charge on any atom is 0.156 e. The van der Waals surface area contributed by atoms with Gasteiger partial charge in [0, 0.05) is 28.6 Å². The lowest BCUT2D eigenvalue weighted by molar-refractivity contribution is 0.879. The SMILES string of the molecule is Brc1ccc(CC2C=NC(c3cccnc3)=N2)cc1. The Hall–Kier alpha value is -1.81. The second-order valence-electron chi connectivity index (χ2n) is 4.37. The molecule has 0 fully saturated rings. The zero-order valence-electron chi connectivity index (χ0n) is 10.2. The van der Waals surface area contributed by atoms with Crippen LogP contribution in [0, 0.1) is 0 Å². The summed E-state index contributed by atoms with van der Waals surface area (Å²) in [5.74, 6) is 0.773. The molecule has 0 bridgehead atoms. The Morgan fingerprint density at radius 2 is 1.95 bits per heavy atom. The number of halogens is 1. The summed E-state index contributed by atoms with van der Waals surface area (Å²) in [5.41, 5.74) is 2.23. The van der Waals surface area contributed by atoms with E-state index in [1.165, 1.54) is 5.56 Å². The molecule has 0 amide bonds. The third-order valence-corrected chi connectivity index (χ3v) is 3.46. The molecule has 0 saturated heterocycles. The topological polar surface area (TPSA) is 37.6 Å². The molecule has 3 nitrogen and oxygen atoms in total. The van der Waals surface area contributed by atoms with Gasteiger partial charge in [0.15, 0.2) is 5.84 Å². The van der Waals surface area contributed by atoms with Crippen LogP contribution in [0.5, 0.6) is 0 Å². The van der Waals surface area contributed by atoms with Gasteiger partial charge >= 0.3 is 0 Å². The van der Waals surface area contributed by atoms with Crippen molar-refractivity contribution in [2.75, 3.05) is 0 Å². The lowest BCUT2D eigenvalue weighted by Gasteiger charge is -2.04. The van der Waals surface area contributed by atoms with Crippen LogP contribution in [0.1, 0.15) is 11.1 Å². The Labute approximate surface area is 120 Å². The quantitative estimate of drug-likeness (QED) is 0.856. The van der Waals surface area contributed by atoms with Crippen LogP contribution in [0.2, 0.25) is 0 Å². The van der Waals surface area contributed by atoms with Crippen molar-refractivity contribution in [3.05, 3.63) is 64.4 Å². The highest BCUT2D eigenvalue weighted by Crippen LogP contribution is 2.15. The molecule has 3 rings (SSSR count). The summed E-state index contributed by atoms with van der Waals surface area (Å²) in [6.45, 7) is 0. The highest BCUT2D eigenvalue weighted by molar-refractivity contribution is 9.10. The molecule has 0 spiro atoms. The number of aromatic nitrogens is 1. The molecule has 1 aromatic carbocycles. The zero-order chi connectivity index (χ0) is 13.1. The Bertz CT molecular complexity index is 618. The van der Waals surface area contributed by atoms with E-state index in [0.717, 1.165) is 22.3 Å². The summed E-state index contributed by atoms with van der Waals surface area (Å²) in [7, 11) is 0. The number of pyridine rings is 1. The van der Waals surface area contributed by atoms with Crippen molar-refractivity contribution >= 4 is 28.0 Å². The number of amidine groups is 1. The minimum atomic E-state index is 0.122. The van der Waals surface area contributed by atoms with E-state index in [4.69, 9.17) is 0 Å². The van der Waals surface area contributed by atoms with E-state index in [2.05, 4.69) is 43.0 Å². The second-order valence-corrected chi connectivity index (χ2v) is 5.29. The van der Waals surface area contributed by atoms with Crippen molar-refractivity contribution in [2.24, 2.45) is 9.98 Å². The van der Waals surface area contributed by atoms with Crippen LogP contribution in [-0.2, 0) is 6.42 Å². The summed E-state index contributed by atoms with van der Waals surface area (Å²) < 4.78 is 1.09. The molecular weight excluding hydrogens is 302 g/mol. The first-order valence-electron chi connectivity index (χ1n) is 6.08. The smallest absolute Gasteiger partial charge is 0.156 e. The maximum atomic E-state index is 4.62.